The van der Waals surface area contributed by atoms with Crippen molar-refractivity contribution in [3.63, 3.8) is 0 Å². The fourth-order valence-electron chi connectivity index (χ4n) is 1.45. The third-order valence-electron chi connectivity index (χ3n) is 2.39. The predicted molar refractivity (Wildman–Crippen MR) is 54.8 cm³/mol. The van der Waals surface area contributed by atoms with Crippen LogP contribution < -0.4 is 4.90 Å². The van der Waals surface area contributed by atoms with E-state index in [9.17, 15) is 0 Å². The highest BCUT2D eigenvalue weighted by Crippen LogP contribution is 2.48. The molecular formula is C10H13NS. The van der Waals surface area contributed by atoms with Crippen LogP contribution in [0.4, 0.5) is 5.69 Å². The van der Waals surface area contributed by atoms with Crippen LogP contribution in [0.5, 0.6) is 0 Å². The average molecular weight is 179 g/mol. The third-order valence-corrected chi connectivity index (χ3v) is 3.73. The number of rotatable bonds is 0. The van der Waals surface area contributed by atoms with Gasteiger partial charge in [-0.25, -0.2) is 0 Å². The van der Waals surface area contributed by atoms with E-state index < -0.39 is 0 Å². The average Bonchev–Trinajstić information content (AvgIpc) is 2.24. The maximum Gasteiger partial charge on any atom is 0.0848 e. The van der Waals surface area contributed by atoms with Crippen molar-refractivity contribution in [1.29, 1.82) is 0 Å². The van der Waals surface area contributed by atoms with Gasteiger partial charge in [0, 0.05) is 11.9 Å². The topological polar surface area (TPSA) is 3.24 Å². The number of hydrogen-bond donors (Lipinski definition) is 0. The van der Waals surface area contributed by atoms with Crippen molar-refractivity contribution in [2.45, 2.75) is 23.6 Å². The van der Waals surface area contributed by atoms with Gasteiger partial charge < -0.3 is 4.90 Å². The highest BCUT2D eigenvalue weighted by Gasteiger charge is 2.33. The Labute approximate surface area is 77.8 Å². The summed E-state index contributed by atoms with van der Waals surface area (Å²) in [6.07, 6.45) is 0. The SMILES string of the molecule is CN1c2ccccc2SC1(C)C. The molecule has 0 aromatic heterocycles. The molecule has 0 N–H and O–H groups in total. The van der Waals surface area contributed by atoms with Crippen LogP contribution in [0.1, 0.15) is 13.8 Å². The molecule has 1 aromatic rings. The first kappa shape index (κ1) is 7.99. The van der Waals surface area contributed by atoms with E-state index in [0.29, 0.717) is 0 Å². The fraction of sp³-hybridized carbons (Fsp3) is 0.400. The molecule has 2 heteroatoms. The third kappa shape index (κ3) is 1.02. The summed E-state index contributed by atoms with van der Waals surface area (Å²) in [4.78, 5) is 3.93. The van der Waals surface area contributed by atoms with Crippen molar-refractivity contribution in [1.82, 2.24) is 0 Å². The Kier molecular flexibility index (Phi) is 1.62. The van der Waals surface area contributed by atoms with Crippen LogP contribution in [0.15, 0.2) is 29.2 Å². The van der Waals surface area contributed by atoms with Gasteiger partial charge in [-0.1, -0.05) is 23.9 Å². The molecule has 1 aliphatic heterocycles. The van der Waals surface area contributed by atoms with Crippen molar-refractivity contribution in [2.75, 3.05) is 11.9 Å². The molecular weight excluding hydrogens is 166 g/mol. The van der Waals surface area contributed by atoms with Crippen molar-refractivity contribution in [3.8, 4) is 0 Å². The van der Waals surface area contributed by atoms with Crippen LogP contribution >= 0.6 is 11.8 Å². The normalized spacial score (nSPS) is 19.4. The van der Waals surface area contributed by atoms with Gasteiger partial charge in [0.15, 0.2) is 0 Å². The molecule has 0 radical (unpaired) electrons. The zero-order chi connectivity index (χ0) is 8.77. The van der Waals surface area contributed by atoms with Crippen molar-refractivity contribution >= 4 is 17.4 Å². The second-order valence-electron chi connectivity index (χ2n) is 3.58. The first-order valence-electron chi connectivity index (χ1n) is 4.13. The molecule has 1 heterocycles. The molecule has 0 bridgehead atoms. The lowest BCUT2D eigenvalue weighted by atomic mass is 10.2. The Hall–Kier alpha value is -0.630. The van der Waals surface area contributed by atoms with Crippen LogP contribution in [-0.2, 0) is 0 Å². The maximum atomic E-state index is 2.33. The Morgan fingerprint density at radius 2 is 1.92 bits per heavy atom. The maximum absolute atomic E-state index is 2.33. The molecule has 0 amide bonds. The van der Waals surface area contributed by atoms with E-state index >= 15 is 0 Å². The summed E-state index contributed by atoms with van der Waals surface area (Å²) in [7, 11) is 2.15. The van der Waals surface area contributed by atoms with E-state index in [1.165, 1.54) is 10.6 Å². The van der Waals surface area contributed by atoms with Gasteiger partial charge in [-0.2, -0.15) is 0 Å². The minimum atomic E-state index is 0.212. The van der Waals surface area contributed by atoms with Crippen LogP contribution in [0.3, 0.4) is 0 Å². The zero-order valence-corrected chi connectivity index (χ0v) is 8.48. The molecule has 1 nitrogen and oxygen atoms in total. The number of para-hydroxylation sites is 1. The lowest BCUT2D eigenvalue weighted by Gasteiger charge is -2.28. The van der Waals surface area contributed by atoms with Gasteiger partial charge in [-0.05, 0) is 26.0 Å². The molecule has 0 unspecified atom stereocenters. The van der Waals surface area contributed by atoms with E-state index in [1.54, 1.807) is 0 Å². The number of benzene rings is 1. The molecule has 1 aliphatic rings. The first-order valence-corrected chi connectivity index (χ1v) is 4.95. The Bertz CT molecular complexity index is 306. The number of thioether (sulfide) groups is 1. The summed E-state index contributed by atoms with van der Waals surface area (Å²) < 4.78 is 0. The predicted octanol–water partition coefficient (Wildman–Crippen LogP) is 2.96. The molecule has 2 rings (SSSR count). The largest absolute Gasteiger partial charge is 0.359 e. The molecule has 0 fully saturated rings. The van der Waals surface area contributed by atoms with Gasteiger partial charge >= 0.3 is 0 Å². The van der Waals surface area contributed by atoms with Crippen molar-refractivity contribution in [3.05, 3.63) is 24.3 Å². The van der Waals surface area contributed by atoms with Crippen LogP contribution in [0.2, 0.25) is 0 Å². The molecule has 0 saturated carbocycles. The summed E-state index contributed by atoms with van der Waals surface area (Å²) in [5, 5.41) is 0. The highest BCUT2D eigenvalue weighted by atomic mass is 32.2. The van der Waals surface area contributed by atoms with E-state index in [2.05, 4.69) is 50.1 Å². The van der Waals surface area contributed by atoms with E-state index in [4.69, 9.17) is 0 Å². The van der Waals surface area contributed by atoms with E-state index in [0.717, 1.165) is 0 Å². The van der Waals surface area contributed by atoms with Gasteiger partial charge in [-0.15, -0.1) is 0 Å². The van der Waals surface area contributed by atoms with Crippen molar-refractivity contribution < 1.29 is 0 Å². The molecule has 0 atom stereocenters. The zero-order valence-electron chi connectivity index (χ0n) is 7.66. The van der Waals surface area contributed by atoms with Gasteiger partial charge in [0.2, 0.25) is 0 Å². The minimum absolute atomic E-state index is 0.212. The standard InChI is InChI=1S/C10H13NS/c1-10(2)11(3)8-6-4-5-7-9(8)12-10/h4-7H,1-3H3. The first-order chi connectivity index (χ1) is 5.61. The van der Waals surface area contributed by atoms with Crippen LogP contribution in [0.25, 0.3) is 0 Å². The summed E-state index contributed by atoms with van der Waals surface area (Å²) >= 11 is 1.93. The van der Waals surface area contributed by atoms with E-state index in [1.807, 2.05) is 11.8 Å². The minimum Gasteiger partial charge on any atom is -0.359 e. The molecule has 0 spiro atoms. The smallest absolute Gasteiger partial charge is 0.0848 e. The molecule has 12 heavy (non-hydrogen) atoms. The van der Waals surface area contributed by atoms with E-state index in [-0.39, 0.29) is 4.87 Å². The quantitative estimate of drug-likeness (QED) is 0.602. The number of anilines is 1. The number of hydrogen-bond acceptors (Lipinski definition) is 2. The summed E-state index contributed by atoms with van der Waals surface area (Å²) in [6.45, 7) is 4.50. The molecule has 0 aliphatic carbocycles. The summed E-state index contributed by atoms with van der Waals surface area (Å²) in [5.41, 5.74) is 1.35. The fourth-order valence-corrected chi connectivity index (χ4v) is 2.68. The Balaban J connectivity index is 2.49. The Morgan fingerprint density at radius 3 is 2.58 bits per heavy atom. The van der Waals surface area contributed by atoms with Gasteiger partial charge in [0.1, 0.15) is 0 Å². The molecule has 1 aromatic carbocycles. The second kappa shape index (κ2) is 2.43. The van der Waals surface area contributed by atoms with Gasteiger partial charge in [0.25, 0.3) is 0 Å². The van der Waals surface area contributed by atoms with Gasteiger partial charge in [0.05, 0.1) is 10.6 Å². The molecule has 64 valence electrons. The van der Waals surface area contributed by atoms with Crippen LogP contribution in [-0.4, -0.2) is 11.9 Å². The number of fused-ring (bicyclic) bond motifs is 1. The summed E-state index contributed by atoms with van der Waals surface area (Å²) in [6, 6.07) is 8.56. The molecule has 0 saturated heterocycles. The Morgan fingerprint density at radius 1 is 1.25 bits per heavy atom. The lowest BCUT2D eigenvalue weighted by molar-refractivity contribution is 0.705. The number of nitrogens with zero attached hydrogens (tertiary/aromatic N) is 1. The summed E-state index contributed by atoms with van der Waals surface area (Å²) in [5.74, 6) is 0. The highest BCUT2D eigenvalue weighted by molar-refractivity contribution is 8.01. The second-order valence-corrected chi connectivity index (χ2v) is 5.22. The van der Waals surface area contributed by atoms with Crippen molar-refractivity contribution in [2.24, 2.45) is 0 Å². The van der Waals surface area contributed by atoms with Crippen LogP contribution in [0, 0.1) is 0 Å². The van der Waals surface area contributed by atoms with Gasteiger partial charge in [-0.3, -0.25) is 0 Å². The lowest BCUT2D eigenvalue weighted by Crippen LogP contribution is -2.33. The monoisotopic (exact) mass is 179 g/mol.